The summed E-state index contributed by atoms with van der Waals surface area (Å²) in [5.41, 5.74) is -0.0161. The van der Waals surface area contributed by atoms with Gasteiger partial charge in [-0.1, -0.05) is 26.8 Å². The number of hydrogen-bond donors (Lipinski definition) is 1. The number of hydrogen-bond acceptors (Lipinski definition) is 2. The molecule has 0 saturated carbocycles. The monoisotopic (exact) mass is 271 g/mol. The van der Waals surface area contributed by atoms with E-state index < -0.39 is 11.6 Å². The molecule has 1 N–H and O–H groups in total. The molecule has 0 amide bonds. The normalized spacial score (nSPS) is 15.3. The van der Waals surface area contributed by atoms with Gasteiger partial charge in [0, 0.05) is 18.7 Å². The van der Waals surface area contributed by atoms with E-state index in [-0.39, 0.29) is 29.5 Å². The van der Waals surface area contributed by atoms with Crippen molar-refractivity contribution >= 4 is 0 Å². The minimum absolute atomic E-state index is 0.105. The first kappa shape index (κ1) is 16.1. The molecule has 2 unspecified atom stereocenters. The molecule has 0 spiro atoms. The molecular weight excluding hydrogens is 248 g/mol. The van der Waals surface area contributed by atoms with E-state index in [2.05, 4.69) is 5.32 Å². The third-order valence-electron chi connectivity index (χ3n) is 3.33. The lowest BCUT2D eigenvalue weighted by Crippen LogP contribution is -2.47. The van der Waals surface area contributed by atoms with Crippen molar-refractivity contribution in [3.05, 3.63) is 35.4 Å². The van der Waals surface area contributed by atoms with Gasteiger partial charge < -0.3 is 10.1 Å². The molecule has 0 radical (unpaired) electrons. The van der Waals surface area contributed by atoms with E-state index in [0.29, 0.717) is 0 Å². The zero-order valence-corrected chi connectivity index (χ0v) is 12.3. The van der Waals surface area contributed by atoms with Gasteiger partial charge in [0.1, 0.15) is 11.6 Å². The van der Waals surface area contributed by atoms with Crippen LogP contribution in [0.3, 0.4) is 0 Å². The van der Waals surface area contributed by atoms with Crippen molar-refractivity contribution in [2.24, 2.45) is 5.41 Å². The van der Waals surface area contributed by atoms with Crippen molar-refractivity contribution in [3.63, 3.8) is 0 Å². The van der Waals surface area contributed by atoms with Gasteiger partial charge in [0.15, 0.2) is 0 Å². The highest BCUT2D eigenvalue weighted by molar-refractivity contribution is 5.21. The molecule has 0 heterocycles. The zero-order chi connectivity index (χ0) is 14.6. The third kappa shape index (κ3) is 3.98. The van der Waals surface area contributed by atoms with Crippen LogP contribution in [0.1, 0.15) is 26.3 Å². The van der Waals surface area contributed by atoms with Crippen LogP contribution in [0, 0.1) is 17.0 Å². The predicted octanol–water partition coefficient (Wildman–Crippen LogP) is 3.16. The van der Waals surface area contributed by atoms with Gasteiger partial charge >= 0.3 is 0 Å². The second-order valence-electron chi connectivity index (χ2n) is 5.82. The van der Waals surface area contributed by atoms with Crippen LogP contribution in [0.5, 0.6) is 0 Å². The minimum atomic E-state index is -0.510. The quantitative estimate of drug-likeness (QED) is 0.888. The molecule has 0 fully saturated rings. The molecule has 1 rings (SSSR count). The van der Waals surface area contributed by atoms with Crippen molar-refractivity contribution in [3.8, 4) is 0 Å². The standard InChI is InChI=1S/C15H23F2NO/c1-15(2,3)14(19-5)13(18-4)9-10-11(16)7-6-8-12(10)17/h6-8,13-14,18H,9H2,1-5H3. The van der Waals surface area contributed by atoms with E-state index in [1.165, 1.54) is 18.2 Å². The fourth-order valence-corrected chi connectivity index (χ4v) is 2.43. The van der Waals surface area contributed by atoms with E-state index in [1.54, 1.807) is 14.2 Å². The Bertz CT molecular complexity index is 395. The highest BCUT2D eigenvalue weighted by Gasteiger charge is 2.32. The van der Waals surface area contributed by atoms with Crippen LogP contribution in [-0.2, 0) is 11.2 Å². The van der Waals surface area contributed by atoms with Crippen molar-refractivity contribution < 1.29 is 13.5 Å². The molecule has 0 aliphatic carbocycles. The summed E-state index contributed by atoms with van der Waals surface area (Å²) in [6, 6.07) is 3.78. The zero-order valence-electron chi connectivity index (χ0n) is 12.3. The van der Waals surface area contributed by atoms with Gasteiger partial charge in [-0.15, -0.1) is 0 Å². The van der Waals surface area contributed by atoms with Crippen LogP contribution < -0.4 is 5.32 Å². The molecule has 19 heavy (non-hydrogen) atoms. The van der Waals surface area contributed by atoms with E-state index in [1.807, 2.05) is 20.8 Å². The van der Waals surface area contributed by atoms with Gasteiger partial charge in [0.2, 0.25) is 0 Å². The number of methoxy groups -OCH3 is 1. The lowest BCUT2D eigenvalue weighted by molar-refractivity contribution is -0.00955. The average molecular weight is 271 g/mol. The molecule has 0 bridgehead atoms. The van der Waals surface area contributed by atoms with Crippen LogP contribution in [-0.4, -0.2) is 26.3 Å². The number of likely N-dealkylation sites (N-methyl/N-ethyl adjacent to an activating group) is 1. The smallest absolute Gasteiger partial charge is 0.129 e. The Hall–Kier alpha value is -1.00. The largest absolute Gasteiger partial charge is 0.379 e. The summed E-state index contributed by atoms with van der Waals surface area (Å²) in [7, 11) is 3.40. The number of benzene rings is 1. The minimum Gasteiger partial charge on any atom is -0.379 e. The summed E-state index contributed by atoms with van der Waals surface area (Å²) in [4.78, 5) is 0. The predicted molar refractivity (Wildman–Crippen MR) is 73.2 cm³/mol. The number of rotatable bonds is 5. The van der Waals surface area contributed by atoms with Crippen molar-refractivity contribution in [1.82, 2.24) is 5.32 Å². The first-order valence-corrected chi connectivity index (χ1v) is 6.44. The topological polar surface area (TPSA) is 21.3 Å². The number of ether oxygens (including phenoxy) is 1. The van der Waals surface area contributed by atoms with Gasteiger partial charge in [-0.3, -0.25) is 0 Å². The molecule has 2 atom stereocenters. The van der Waals surface area contributed by atoms with Crippen LogP contribution >= 0.6 is 0 Å². The maximum Gasteiger partial charge on any atom is 0.129 e. The van der Waals surface area contributed by atoms with E-state index >= 15 is 0 Å². The second-order valence-corrected chi connectivity index (χ2v) is 5.82. The van der Waals surface area contributed by atoms with E-state index in [9.17, 15) is 8.78 Å². The Balaban J connectivity index is 2.99. The summed E-state index contributed by atoms with van der Waals surface area (Å²) >= 11 is 0. The fraction of sp³-hybridized carbons (Fsp3) is 0.600. The van der Waals surface area contributed by atoms with Crippen LogP contribution in [0.2, 0.25) is 0 Å². The molecule has 1 aromatic carbocycles. The summed E-state index contributed by atoms with van der Waals surface area (Å²) in [6.45, 7) is 6.13. The Labute approximate surface area is 114 Å². The molecule has 4 heteroatoms. The first-order chi connectivity index (χ1) is 8.81. The van der Waals surface area contributed by atoms with E-state index in [4.69, 9.17) is 4.74 Å². The molecule has 0 aromatic heterocycles. The van der Waals surface area contributed by atoms with E-state index in [0.717, 1.165) is 0 Å². The third-order valence-corrected chi connectivity index (χ3v) is 3.33. The number of nitrogens with one attached hydrogen (secondary N) is 1. The molecule has 0 aliphatic rings. The second kappa shape index (κ2) is 6.44. The summed E-state index contributed by atoms with van der Waals surface area (Å²) in [6.07, 6.45) is 0.113. The lowest BCUT2D eigenvalue weighted by Gasteiger charge is -2.36. The van der Waals surface area contributed by atoms with Crippen molar-refractivity contribution in [2.45, 2.75) is 39.3 Å². The molecule has 0 aliphatic heterocycles. The highest BCUT2D eigenvalue weighted by Crippen LogP contribution is 2.27. The first-order valence-electron chi connectivity index (χ1n) is 6.44. The fourth-order valence-electron chi connectivity index (χ4n) is 2.43. The Morgan fingerprint density at radius 1 is 1.21 bits per heavy atom. The molecule has 0 saturated heterocycles. The maximum atomic E-state index is 13.7. The van der Waals surface area contributed by atoms with Gasteiger partial charge in [0.05, 0.1) is 6.10 Å². The van der Waals surface area contributed by atoms with Crippen LogP contribution in [0.15, 0.2) is 18.2 Å². The summed E-state index contributed by atoms with van der Waals surface area (Å²) in [5.74, 6) is -1.02. The van der Waals surface area contributed by atoms with Gasteiger partial charge in [-0.05, 0) is 31.0 Å². The average Bonchev–Trinajstić information content (AvgIpc) is 2.31. The van der Waals surface area contributed by atoms with Crippen LogP contribution in [0.25, 0.3) is 0 Å². The summed E-state index contributed by atoms with van der Waals surface area (Å²) < 4.78 is 32.9. The number of halogens is 2. The molecule has 1 aromatic rings. The summed E-state index contributed by atoms with van der Waals surface area (Å²) in [5, 5.41) is 3.10. The highest BCUT2D eigenvalue weighted by atomic mass is 19.1. The molecule has 108 valence electrons. The van der Waals surface area contributed by atoms with Crippen LogP contribution in [0.4, 0.5) is 8.78 Å². The maximum absolute atomic E-state index is 13.7. The van der Waals surface area contributed by atoms with Crippen molar-refractivity contribution in [1.29, 1.82) is 0 Å². The Kier molecular flexibility index (Phi) is 5.44. The Morgan fingerprint density at radius 2 is 1.74 bits per heavy atom. The SMILES string of the molecule is CNC(Cc1c(F)cccc1F)C(OC)C(C)(C)C. The van der Waals surface area contributed by atoms with Gasteiger partial charge in [-0.2, -0.15) is 0 Å². The van der Waals surface area contributed by atoms with Crippen molar-refractivity contribution in [2.75, 3.05) is 14.2 Å². The lowest BCUT2D eigenvalue weighted by atomic mass is 9.82. The molecular formula is C15H23F2NO. The van der Waals surface area contributed by atoms with Gasteiger partial charge in [0.25, 0.3) is 0 Å². The van der Waals surface area contributed by atoms with Gasteiger partial charge in [-0.25, -0.2) is 8.78 Å². The molecule has 2 nitrogen and oxygen atoms in total. The Morgan fingerprint density at radius 3 is 2.11 bits per heavy atom.